The lowest BCUT2D eigenvalue weighted by Crippen LogP contribution is -2.30. The van der Waals surface area contributed by atoms with E-state index in [9.17, 15) is 22.7 Å². The van der Waals surface area contributed by atoms with Crippen LogP contribution in [0.4, 0.5) is 4.39 Å². The molecule has 10 heteroatoms. The zero-order valence-electron chi connectivity index (χ0n) is 20.1. The van der Waals surface area contributed by atoms with Crippen LogP contribution in [-0.4, -0.2) is 53.8 Å². The quantitative estimate of drug-likeness (QED) is 0.376. The van der Waals surface area contributed by atoms with Crippen molar-refractivity contribution in [3.63, 3.8) is 0 Å². The summed E-state index contributed by atoms with van der Waals surface area (Å²) in [7, 11) is -2.77. The molecule has 1 saturated heterocycles. The van der Waals surface area contributed by atoms with Crippen molar-refractivity contribution in [2.75, 3.05) is 20.2 Å². The van der Waals surface area contributed by atoms with Gasteiger partial charge in [-0.3, -0.25) is 9.48 Å². The fourth-order valence-corrected chi connectivity index (χ4v) is 6.61. The van der Waals surface area contributed by atoms with Crippen molar-refractivity contribution >= 4 is 26.9 Å². The van der Waals surface area contributed by atoms with Gasteiger partial charge in [-0.2, -0.15) is 9.40 Å². The van der Waals surface area contributed by atoms with E-state index in [1.54, 1.807) is 4.68 Å². The summed E-state index contributed by atoms with van der Waals surface area (Å²) in [6, 6.07) is 20.4. The summed E-state index contributed by atoms with van der Waals surface area (Å²) in [5.41, 5.74) is 2.19. The van der Waals surface area contributed by atoms with Crippen LogP contribution < -0.4 is 4.74 Å². The topological polar surface area (TPSA) is 102 Å². The average Bonchev–Trinajstić information content (AvgIpc) is 3.46. The van der Waals surface area contributed by atoms with Gasteiger partial charge in [-0.1, -0.05) is 48.5 Å². The standard InChI is InChI=1S/C27H26FN3O5S/c1-36-20-11-12-26(22(28)14-20)37(34,35)30-16-19(13-18-7-3-2-4-8-18)25(17-30)31-24-10-6-5-9-21(24)23(29-31)15-27(32)33/h2-12,14,19,25H,13,15-17H2,1H3,(H,32,33)/t19-,25+/m1/s1. The first-order chi connectivity index (χ1) is 17.8. The van der Waals surface area contributed by atoms with E-state index < -0.39 is 26.7 Å². The largest absolute Gasteiger partial charge is 0.497 e. The highest BCUT2D eigenvalue weighted by Crippen LogP contribution is 2.37. The third-order valence-corrected chi connectivity index (χ3v) is 8.66. The second-order valence-electron chi connectivity index (χ2n) is 9.11. The number of para-hydroxylation sites is 1. The summed E-state index contributed by atoms with van der Waals surface area (Å²) >= 11 is 0. The number of rotatable bonds is 8. The minimum atomic E-state index is -4.16. The Bertz CT molecular complexity index is 1560. The molecule has 4 aromatic rings. The lowest BCUT2D eigenvalue weighted by molar-refractivity contribution is -0.136. The molecule has 1 aromatic heterocycles. The summed E-state index contributed by atoms with van der Waals surface area (Å²) in [4.78, 5) is 11.1. The van der Waals surface area contributed by atoms with Crippen LogP contribution in [0, 0.1) is 11.7 Å². The van der Waals surface area contributed by atoms with E-state index in [0.717, 1.165) is 17.1 Å². The van der Waals surface area contributed by atoms with E-state index in [1.807, 2.05) is 54.6 Å². The van der Waals surface area contributed by atoms with Gasteiger partial charge in [0.15, 0.2) is 0 Å². The number of halogens is 1. The van der Waals surface area contributed by atoms with E-state index in [0.29, 0.717) is 17.5 Å². The zero-order valence-corrected chi connectivity index (χ0v) is 20.9. The maximum absolute atomic E-state index is 14.8. The Morgan fingerprint density at radius 2 is 1.81 bits per heavy atom. The van der Waals surface area contributed by atoms with Gasteiger partial charge in [0.1, 0.15) is 16.5 Å². The maximum Gasteiger partial charge on any atom is 0.309 e. The van der Waals surface area contributed by atoms with Crippen LogP contribution in [0.25, 0.3) is 10.9 Å². The van der Waals surface area contributed by atoms with E-state index in [1.165, 1.54) is 23.5 Å². The van der Waals surface area contributed by atoms with Crippen LogP contribution in [0.15, 0.2) is 77.7 Å². The first kappa shape index (κ1) is 24.9. The molecule has 2 heterocycles. The second-order valence-corrected chi connectivity index (χ2v) is 11.0. The number of carboxylic acid groups (broad SMARTS) is 1. The summed E-state index contributed by atoms with van der Waals surface area (Å²) in [5, 5.41) is 14.8. The molecule has 5 rings (SSSR count). The Hall–Kier alpha value is -3.76. The molecule has 1 aliphatic rings. The van der Waals surface area contributed by atoms with Crippen molar-refractivity contribution in [2.24, 2.45) is 5.92 Å². The molecule has 0 spiro atoms. The number of nitrogens with zero attached hydrogens (tertiary/aromatic N) is 3. The van der Waals surface area contributed by atoms with Crippen molar-refractivity contribution in [3.8, 4) is 5.75 Å². The lowest BCUT2D eigenvalue weighted by atomic mass is 9.95. The fourth-order valence-electron chi connectivity index (χ4n) is 5.04. The number of aromatic nitrogens is 2. The molecule has 1 aliphatic heterocycles. The average molecular weight is 524 g/mol. The molecule has 0 unspecified atom stereocenters. The minimum Gasteiger partial charge on any atom is -0.497 e. The van der Waals surface area contributed by atoms with Gasteiger partial charge in [-0.25, -0.2) is 12.8 Å². The van der Waals surface area contributed by atoms with Gasteiger partial charge in [0.25, 0.3) is 0 Å². The molecule has 0 aliphatic carbocycles. The van der Waals surface area contributed by atoms with E-state index in [4.69, 9.17) is 4.74 Å². The Morgan fingerprint density at radius 3 is 2.51 bits per heavy atom. The van der Waals surface area contributed by atoms with Gasteiger partial charge >= 0.3 is 5.97 Å². The smallest absolute Gasteiger partial charge is 0.309 e. The maximum atomic E-state index is 14.8. The number of benzene rings is 3. The third-order valence-electron chi connectivity index (χ3n) is 6.79. The molecule has 3 aromatic carbocycles. The van der Waals surface area contributed by atoms with Crippen LogP contribution in [0.5, 0.6) is 5.75 Å². The second kappa shape index (κ2) is 9.95. The van der Waals surface area contributed by atoms with Crippen LogP contribution >= 0.6 is 0 Å². The molecule has 192 valence electrons. The normalized spacial score (nSPS) is 18.3. The number of carboxylic acids is 1. The van der Waals surface area contributed by atoms with E-state index in [-0.39, 0.29) is 37.2 Å². The molecular weight excluding hydrogens is 497 g/mol. The lowest BCUT2D eigenvalue weighted by Gasteiger charge is -2.20. The summed E-state index contributed by atoms with van der Waals surface area (Å²) in [6.07, 6.45) is 0.327. The minimum absolute atomic E-state index is 0.0729. The third kappa shape index (κ3) is 4.82. The first-order valence-electron chi connectivity index (χ1n) is 11.8. The number of carbonyl (C=O) groups is 1. The number of hydrogen-bond acceptors (Lipinski definition) is 5. The van der Waals surface area contributed by atoms with E-state index >= 15 is 0 Å². The van der Waals surface area contributed by atoms with Gasteiger partial charge in [0.2, 0.25) is 10.0 Å². The first-order valence-corrected chi connectivity index (χ1v) is 13.3. The van der Waals surface area contributed by atoms with Crippen LogP contribution in [0.2, 0.25) is 0 Å². The Balaban J connectivity index is 1.56. The SMILES string of the molecule is COc1ccc(S(=O)(=O)N2C[C@@H](Cc3ccccc3)[C@@H](n3nc(CC(=O)O)c4ccccc43)C2)c(F)c1. The summed E-state index contributed by atoms with van der Waals surface area (Å²) < 4.78 is 50.0. The number of methoxy groups -OCH3 is 1. The number of ether oxygens (including phenoxy) is 1. The molecule has 0 amide bonds. The van der Waals surface area contributed by atoms with Gasteiger partial charge in [-0.05, 0) is 30.2 Å². The van der Waals surface area contributed by atoms with Crippen molar-refractivity contribution in [3.05, 3.63) is 89.9 Å². The highest BCUT2D eigenvalue weighted by molar-refractivity contribution is 7.89. The van der Waals surface area contributed by atoms with E-state index in [2.05, 4.69) is 5.10 Å². The molecule has 0 saturated carbocycles. The van der Waals surface area contributed by atoms with Crippen LogP contribution in [0.1, 0.15) is 17.3 Å². The van der Waals surface area contributed by atoms with Crippen molar-refractivity contribution in [2.45, 2.75) is 23.8 Å². The number of hydrogen-bond donors (Lipinski definition) is 1. The predicted octanol–water partition coefficient (Wildman–Crippen LogP) is 3.92. The Morgan fingerprint density at radius 1 is 1.08 bits per heavy atom. The van der Waals surface area contributed by atoms with Crippen molar-refractivity contribution in [1.29, 1.82) is 0 Å². The molecule has 1 N–H and O–H groups in total. The van der Waals surface area contributed by atoms with Gasteiger partial charge in [0, 0.05) is 30.5 Å². The zero-order chi connectivity index (χ0) is 26.2. The van der Waals surface area contributed by atoms with Crippen LogP contribution in [-0.2, 0) is 27.7 Å². The Kier molecular flexibility index (Phi) is 6.70. The van der Waals surface area contributed by atoms with Crippen LogP contribution in [0.3, 0.4) is 0 Å². The summed E-state index contributed by atoms with van der Waals surface area (Å²) in [6.45, 7) is 0.235. The fraction of sp³-hybridized carbons (Fsp3) is 0.259. The number of sulfonamides is 1. The molecule has 2 atom stereocenters. The molecule has 8 nitrogen and oxygen atoms in total. The molecule has 0 radical (unpaired) electrons. The van der Waals surface area contributed by atoms with Gasteiger partial charge in [-0.15, -0.1) is 0 Å². The molecule has 37 heavy (non-hydrogen) atoms. The number of fused-ring (bicyclic) bond motifs is 1. The van der Waals surface area contributed by atoms with Gasteiger partial charge in [0.05, 0.1) is 30.8 Å². The molecular formula is C27H26FN3O5S. The molecule has 1 fully saturated rings. The predicted molar refractivity (Wildman–Crippen MR) is 135 cm³/mol. The Labute approximate surface area is 214 Å². The van der Waals surface area contributed by atoms with Crippen molar-refractivity contribution in [1.82, 2.24) is 14.1 Å². The van der Waals surface area contributed by atoms with Gasteiger partial charge < -0.3 is 9.84 Å². The summed E-state index contributed by atoms with van der Waals surface area (Å²) in [5.74, 6) is -1.83. The highest BCUT2D eigenvalue weighted by Gasteiger charge is 2.42. The highest BCUT2D eigenvalue weighted by atomic mass is 32.2. The molecule has 0 bridgehead atoms. The monoisotopic (exact) mass is 523 g/mol. The number of aliphatic carboxylic acids is 1. The van der Waals surface area contributed by atoms with Crippen molar-refractivity contribution < 1.29 is 27.4 Å².